The fourth-order valence-electron chi connectivity index (χ4n) is 4.37. The highest BCUT2D eigenvalue weighted by Gasteiger charge is 2.17. The van der Waals surface area contributed by atoms with E-state index in [0.29, 0.717) is 40.6 Å². The number of hydrogen-bond donors (Lipinski definition) is 1. The molecule has 2 heterocycles. The van der Waals surface area contributed by atoms with Crippen LogP contribution in [0.1, 0.15) is 5.56 Å². The highest BCUT2D eigenvalue weighted by Crippen LogP contribution is 2.40. The molecule has 36 heavy (non-hydrogen) atoms. The summed E-state index contributed by atoms with van der Waals surface area (Å²) in [5.74, 6) is 0.774. The zero-order valence-corrected chi connectivity index (χ0v) is 20.4. The number of pyridine rings is 1. The van der Waals surface area contributed by atoms with E-state index in [-0.39, 0.29) is 5.02 Å². The van der Waals surface area contributed by atoms with Gasteiger partial charge in [0.25, 0.3) is 0 Å². The molecule has 0 spiro atoms. The van der Waals surface area contributed by atoms with Crippen LogP contribution in [0.2, 0.25) is 5.02 Å². The summed E-state index contributed by atoms with van der Waals surface area (Å²) in [6, 6.07) is 14.1. The molecule has 7 nitrogen and oxygen atoms in total. The second kappa shape index (κ2) is 10.5. The maximum atomic E-state index is 13.7. The summed E-state index contributed by atoms with van der Waals surface area (Å²) >= 11 is 5.96. The fourth-order valence-corrected chi connectivity index (χ4v) is 4.55. The summed E-state index contributed by atoms with van der Waals surface area (Å²) in [5.41, 5.74) is 2.19. The molecule has 0 aliphatic carbocycles. The third-order valence-corrected chi connectivity index (χ3v) is 6.52. The van der Waals surface area contributed by atoms with Gasteiger partial charge in [0.05, 0.1) is 42.1 Å². The van der Waals surface area contributed by atoms with Gasteiger partial charge in [-0.1, -0.05) is 11.6 Å². The molecule has 1 N–H and O–H groups in total. The van der Waals surface area contributed by atoms with Crippen molar-refractivity contribution >= 4 is 44.7 Å². The summed E-state index contributed by atoms with van der Waals surface area (Å²) in [5, 5.41) is 15.4. The quantitative estimate of drug-likeness (QED) is 0.331. The molecule has 184 valence electrons. The number of halogens is 2. The smallest absolute Gasteiger partial charge is 0.169 e. The molecule has 5 rings (SSSR count). The summed E-state index contributed by atoms with van der Waals surface area (Å²) < 4.78 is 30.9. The first kappa shape index (κ1) is 24.1. The van der Waals surface area contributed by atoms with Gasteiger partial charge in [-0.25, -0.2) is 4.39 Å². The van der Waals surface area contributed by atoms with E-state index in [4.69, 9.17) is 25.8 Å². The Labute approximate surface area is 212 Å². The van der Waals surface area contributed by atoms with Gasteiger partial charge in [0.15, 0.2) is 11.5 Å². The van der Waals surface area contributed by atoms with E-state index in [1.807, 2.05) is 24.3 Å². The summed E-state index contributed by atoms with van der Waals surface area (Å²) in [6.45, 7) is 4.55. The SMILES string of the molecule is COc1ccc2c(ccc3c(Nc4ccc(F)c(Cl)c4)c(C#N)cnc32)c1OCCN1CCOCC1. The first-order chi connectivity index (χ1) is 17.6. The van der Waals surface area contributed by atoms with E-state index >= 15 is 0 Å². The van der Waals surface area contributed by atoms with Crippen LogP contribution in [-0.2, 0) is 4.74 Å². The maximum Gasteiger partial charge on any atom is 0.169 e. The molecule has 3 aromatic carbocycles. The Morgan fingerprint density at radius 2 is 1.92 bits per heavy atom. The zero-order chi connectivity index (χ0) is 25.1. The predicted molar refractivity (Wildman–Crippen MR) is 138 cm³/mol. The molecule has 0 saturated carbocycles. The van der Waals surface area contributed by atoms with Crippen molar-refractivity contribution in [2.75, 3.05) is 51.9 Å². The van der Waals surface area contributed by atoms with Crippen molar-refractivity contribution in [3.63, 3.8) is 0 Å². The highest BCUT2D eigenvalue weighted by atomic mass is 35.5. The summed E-state index contributed by atoms with van der Waals surface area (Å²) in [7, 11) is 1.62. The maximum absolute atomic E-state index is 13.7. The molecule has 4 aromatic rings. The van der Waals surface area contributed by atoms with E-state index in [1.54, 1.807) is 13.2 Å². The molecule has 1 saturated heterocycles. The lowest BCUT2D eigenvalue weighted by Gasteiger charge is -2.26. The molecule has 1 aliphatic rings. The van der Waals surface area contributed by atoms with Crippen LogP contribution >= 0.6 is 11.6 Å². The minimum Gasteiger partial charge on any atom is -0.493 e. The topological polar surface area (TPSA) is 79.6 Å². The molecule has 0 amide bonds. The summed E-state index contributed by atoms with van der Waals surface area (Å²) in [6.07, 6.45) is 1.53. The van der Waals surface area contributed by atoms with E-state index in [9.17, 15) is 9.65 Å². The minimum absolute atomic E-state index is 0.00622. The number of methoxy groups -OCH3 is 1. The van der Waals surface area contributed by atoms with Crippen LogP contribution in [-0.4, -0.2) is 56.4 Å². The van der Waals surface area contributed by atoms with E-state index in [2.05, 4.69) is 21.3 Å². The van der Waals surface area contributed by atoms with Crippen LogP contribution in [0.15, 0.2) is 48.7 Å². The number of fused-ring (bicyclic) bond motifs is 3. The van der Waals surface area contributed by atoms with Crippen molar-refractivity contribution in [1.29, 1.82) is 5.26 Å². The van der Waals surface area contributed by atoms with Gasteiger partial charge >= 0.3 is 0 Å². The van der Waals surface area contributed by atoms with E-state index in [1.165, 1.54) is 18.3 Å². The Kier molecular flexibility index (Phi) is 7.05. The average molecular weight is 507 g/mol. The molecule has 0 unspecified atom stereocenters. The number of nitrogens with one attached hydrogen (secondary N) is 1. The van der Waals surface area contributed by atoms with Gasteiger partial charge in [-0.05, 0) is 42.5 Å². The van der Waals surface area contributed by atoms with Crippen molar-refractivity contribution in [2.24, 2.45) is 0 Å². The van der Waals surface area contributed by atoms with Crippen LogP contribution in [0.4, 0.5) is 15.8 Å². The lowest BCUT2D eigenvalue weighted by molar-refractivity contribution is 0.0322. The number of aromatic nitrogens is 1. The second-order valence-corrected chi connectivity index (χ2v) is 8.78. The molecular formula is C27H24ClFN4O3. The predicted octanol–water partition coefficient (Wildman–Crippen LogP) is 5.52. The molecular weight excluding hydrogens is 483 g/mol. The van der Waals surface area contributed by atoms with Gasteiger partial charge in [-0.3, -0.25) is 9.88 Å². The Hall–Kier alpha value is -3.64. The number of nitriles is 1. The van der Waals surface area contributed by atoms with Crippen molar-refractivity contribution in [2.45, 2.75) is 0 Å². The Morgan fingerprint density at radius 1 is 1.14 bits per heavy atom. The minimum atomic E-state index is -0.511. The third kappa shape index (κ3) is 4.73. The second-order valence-electron chi connectivity index (χ2n) is 8.37. The largest absolute Gasteiger partial charge is 0.493 e. The molecule has 9 heteroatoms. The molecule has 1 aromatic heterocycles. The number of ether oxygens (including phenoxy) is 3. The summed E-state index contributed by atoms with van der Waals surface area (Å²) in [4.78, 5) is 6.90. The number of morpholine rings is 1. The number of hydrogen-bond acceptors (Lipinski definition) is 7. The van der Waals surface area contributed by atoms with Crippen molar-refractivity contribution in [3.05, 3.63) is 65.1 Å². The van der Waals surface area contributed by atoms with Crippen molar-refractivity contribution in [1.82, 2.24) is 9.88 Å². The van der Waals surface area contributed by atoms with Gasteiger partial charge in [0.2, 0.25) is 0 Å². The molecule has 0 atom stereocenters. The monoisotopic (exact) mass is 506 g/mol. The van der Waals surface area contributed by atoms with Crippen LogP contribution in [0, 0.1) is 17.1 Å². The molecule has 1 aliphatic heterocycles. The van der Waals surface area contributed by atoms with Crippen molar-refractivity contribution in [3.8, 4) is 17.6 Å². The van der Waals surface area contributed by atoms with Crippen LogP contribution < -0.4 is 14.8 Å². The van der Waals surface area contributed by atoms with Gasteiger partial charge < -0.3 is 19.5 Å². The normalized spacial score (nSPS) is 14.1. The number of anilines is 2. The highest BCUT2D eigenvalue weighted by molar-refractivity contribution is 6.31. The Morgan fingerprint density at radius 3 is 2.67 bits per heavy atom. The zero-order valence-electron chi connectivity index (χ0n) is 19.7. The van der Waals surface area contributed by atoms with Crippen LogP contribution in [0.3, 0.4) is 0 Å². The average Bonchev–Trinajstić information content (AvgIpc) is 2.91. The number of rotatable bonds is 7. The molecule has 0 bridgehead atoms. The lowest BCUT2D eigenvalue weighted by atomic mass is 10.0. The molecule has 1 fully saturated rings. The molecule has 0 radical (unpaired) electrons. The number of nitrogens with zero attached hydrogens (tertiary/aromatic N) is 3. The van der Waals surface area contributed by atoms with Gasteiger partial charge in [0.1, 0.15) is 18.5 Å². The van der Waals surface area contributed by atoms with E-state index < -0.39 is 5.82 Å². The van der Waals surface area contributed by atoms with Crippen LogP contribution in [0.5, 0.6) is 11.5 Å². The standard InChI is InChI=1S/C27H24ClFN4O3/c1-34-24-7-5-19-20(27(24)36-13-10-33-8-11-35-12-9-33)3-4-21-25(17(15-30)16-31-26(19)21)32-18-2-6-23(29)22(28)14-18/h2-7,14,16H,8-13H2,1H3,(H,31,32). The van der Waals surface area contributed by atoms with Gasteiger partial charge in [0, 0.05) is 47.7 Å². The third-order valence-electron chi connectivity index (χ3n) is 6.24. The van der Waals surface area contributed by atoms with Crippen LogP contribution in [0.25, 0.3) is 21.7 Å². The number of benzene rings is 3. The Bertz CT molecular complexity index is 1470. The van der Waals surface area contributed by atoms with Gasteiger partial charge in [-0.15, -0.1) is 0 Å². The fraction of sp³-hybridized carbons (Fsp3) is 0.259. The van der Waals surface area contributed by atoms with Gasteiger partial charge in [-0.2, -0.15) is 5.26 Å². The van der Waals surface area contributed by atoms with Crippen molar-refractivity contribution < 1.29 is 18.6 Å². The first-order valence-corrected chi connectivity index (χ1v) is 11.9. The first-order valence-electron chi connectivity index (χ1n) is 11.6. The Balaban J connectivity index is 1.54. The van der Waals surface area contributed by atoms with E-state index in [0.717, 1.165) is 49.0 Å². The lowest BCUT2D eigenvalue weighted by Crippen LogP contribution is -2.38.